The van der Waals surface area contributed by atoms with Crippen LogP contribution in [-0.2, 0) is 4.79 Å². The largest absolute Gasteiger partial charge is 0.376 e. The molecule has 0 bridgehead atoms. The summed E-state index contributed by atoms with van der Waals surface area (Å²) in [6.07, 6.45) is 0. The Morgan fingerprint density at radius 3 is 2.57 bits per heavy atom. The molecule has 1 aliphatic rings. The lowest BCUT2D eigenvalue weighted by Crippen LogP contribution is -2.22. The number of imide groups is 1. The number of amides is 3. The maximum Gasteiger partial charge on any atom is 0.259 e. The highest BCUT2D eigenvalue weighted by Gasteiger charge is 2.26. The van der Waals surface area contributed by atoms with Crippen LogP contribution in [0.25, 0.3) is 0 Å². The second kappa shape index (κ2) is 5.92. The molecule has 23 heavy (non-hydrogen) atoms. The third-order valence-corrected chi connectivity index (χ3v) is 3.49. The molecule has 0 fully saturated rings. The van der Waals surface area contributed by atoms with E-state index in [1.54, 1.807) is 6.07 Å². The first-order valence-electron chi connectivity index (χ1n) is 7.13. The van der Waals surface area contributed by atoms with Gasteiger partial charge in [-0.05, 0) is 42.8 Å². The first-order valence-corrected chi connectivity index (χ1v) is 7.13. The van der Waals surface area contributed by atoms with Gasteiger partial charge in [0, 0.05) is 11.4 Å². The van der Waals surface area contributed by atoms with Crippen molar-refractivity contribution < 1.29 is 14.4 Å². The van der Waals surface area contributed by atoms with Gasteiger partial charge in [-0.3, -0.25) is 19.7 Å². The van der Waals surface area contributed by atoms with E-state index in [4.69, 9.17) is 0 Å². The topological polar surface area (TPSA) is 87.3 Å². The highest BCUT2D eigenvalue weighted by molar-refractivity contribution is 6.22. The van der Waals surface area contributed by atoms with Crippen LogP contribution in [0, 0.1) is 6.92 Å². The predicted molar refractivity (Wildman–Crippen MR) is 86.5 cm³/mol. The molecule has 0 unspecified atom stereocenters. The zero-order valence-electron chi connectivity index (χ0n) is 12.5. The monoisotopic (exact) mass is 309 g/mol. The van der Waals surface area contributed by atoms with Crippen LogP contribution in [0.15, 0.2) is 42.5 Å². The Labute approximate surface area is 132 Å². The average molecular weight is 309 g/mol. The van der Waals surface area contributed by atoms with E-state index < -0.39 is 11.8 Å². The van der Waals surface area contributed by atoms with Crippen LogP contribution in [0.5, 0.6) is 0 Å². The predicted octanol–water partition coefficient (Wildman–Crippen LogP) is 1.93. The van der Waals surface area contributed by atoms with Crippen LogP contribution in [0.4, 0.5) is 11.4 Å². The summed E-state index contributed by atoms with van der Waals surface area (Å²) in [4.78, 5) is 35.0. The lowest BCUT2D eigenvalue weighted by Gasteiger charge is -2.09. The molecule has 3 amide bonds. The highest BCUT2D eigenvalue weighted by atomic mass is 16.2. The van der Waals surface area contributed by atoms with Gasteiger partial charge in [0.2, 0.25) is 5.91 Å². The standard InChI is InChI=1S/C17H15N3O3/c1-10-3-2-4-11(7-10)18-9-15(21)19-12-5-6-13-14(8-12)17(23)20-16(13)22/h2-8,18H,9H2,1H3,(H,19,21)(H,20,22,23). The average Bonchev–Trinajstić information content (AvgIpc) is 2.80. The Morgan fingerprint density at radius 1 is 1.00 bits per heavy atom. The van der Waals surface area contributed by atoms with Gasteiger partial charge in [-0.1, -0.05) is 12.1 Å². The van der Waals surface area contributed by atoms with Crippen LogP contribution >= 0.6 is 0 Å². The minimum atomic E-state index is -0.445. The van der Waals surface area contributed by atoms with Crippen molar-refractivity contribution in [2.24, 2.45) is 0 Å². The van der Waals surface area contributed by atoms with Crippen LogP contribution in [0.3, 0.4) is 0 Å². The Morgan fingerprint density at radius 2 is 1.78 bits per heavy atom. The van der Waals surface area contributed by atoms with Crippen LogP contribution in [0.2, 0.25) is 0 Å². The first-order chi connectivity index (χ1) is 11.0. The fourth-order valence-electron chi connectivity index (χ4n) is 2.39. The molecule has 2 aromatic rings. The van der Waals surface area contributed by atoms with Crippen molar-refractivity contribution in [1.82, 2.24) is 5.32 Å². The molecule has 0 saturated heterocycles. The van der Waals surface area contributed by atoms with Crippen molar-refractivity contribution in [3.05, 3.63) is 59.2 Å². The normalized spacial score (nSPS) is 12.6. The number of nitrogens with one attached hydrogen (secondary N) is 3. The molecule has 2 aromatic carbocycles. The molecule has 0 aromatic heterocycles. The molecule has 6 heteroatoms. The highest BCUT2D eigenvalue weighted by Crippen LogP contribution is 2.20. The Kier molecular flexibility index (Phi) is 3.80. The number of benzene rings is 2. The summed E-state index contributed by atoms with van der Waals surface area (Å²) in [6.45, 7) is 2.08. The van der Waals surface area contributed by atoms with Crippen molar-refractivity contribution in [1.29, 1.82) is 0 Å². The van der Waals surface area contributed by atoms with E-state index in [1.165, 1.54) is 12.1 Å². The third-order valence-electron chi connectivity index (χ3n) is 3.49. The number of fused-ring (bicyclic) bond motifs is 1. The molecular formula is C17H15N3O3. The second-order valence-electron chi connectivity index (χ2n) is 5.31. The lowest BCUT2D eigenvalue weighted by molar-refractivity contribution is -0.114. The number of carbonyl (C=O) groups excluding carboxylic acids is 3. The van der Waals surface area contributed by atoms with Crippen molar-refractivity contribution in [3.8, 4) is 0 Å². The Hall–Kier alpha value is -3.15. The van der Waals surface area contributed by atoms with E-state index in [0.717, 1.165) is 11.3 Å². The van der Waals surface area contributed by atoms with Gasteiger partial charge in [0.15, 0.2) is 0 Å². The number of carbonyl (C=O) groups is 3. The van der Waals surface area contributed by atoms with Crippen LogP contribution < -0.4 is 16.0 Å². The maximum atomic E-state index is 12.0. The van der Waals surface area contributed by atoms with Gasteiger partial charge in [0.05, 0.1) is 17.7 Å². The third kappa shape index (κ3) is 3.21. The van der Waals surface area contributed by atoms with Crippen LogP contribution in [-0.4, -0.2) is 24.3 Å². The summed E-state index contributed by atoms with van der Waals surface area (Å²) in [7, 11) is 0. The molecule has 1 heterocycles. The van der Waals surface area contributed by atoms with E-state index in [1.807, 2.05) is 31.2 Å². The Bertz CT molecular complexity index is 814. The number of hydrogen-bond donors (Lipinski definition) is 3. The number of rotatable bonds is 4. The van der Waals surface area contributed by atoms with E-state index in [-0.39, 0.29) is 18.0 Å². The minimum Gasteiger partial charge on any atom is -0.376 e. The molecule has 0 spiro atoms. The number of hydrogen-bond acceptors (Lipinski definition) is 4. The quantitative estimate of drug-likeness (QED) is 0.753. The van der Waals surface area contributed by atoms with E-state index in [2.05, 4.69) is 16.0 Å². The Balaban J connectivity index is 1.63. The number of anilines is 2. The summed E-state index contributed by atoms with van der Waals surface area (Å²) >= 11 is 0. The van der Waals surface area contributed by atoms with Crippen molar-refractivity contribution in [2.75, 3.05) is 17.2 Å². The molecular weight excluding hydrogens is 294 g/mol. The van der Waals surface area contributed by atoms with Gasteiger partial charge in [-0.2, -0.15) is 0 Å². The maximum absolute atomic E-state index is 12.0. The van der Waals surface area contributed by atoms with Gasteiger partial charge < -0.3 is 10.6 Å². The molecule has 0 atom stereocenters. The summed E-state index contributed by atoms with van der Waals surface area (Å²) in [5.41, 5.74) is 3.04. The molecule has 116 valence electrons. The molecule has 6 nitrogen and oxygen atoms in total. The van der Waals surface area contributed by atoms with E-state index in [9.17, 15) is 14.4 Å². The minimum absolute atomic E-state index is 0.103. The molecule has 3 N–H and O–H groups in total. The van der Waals surface area contributed by atoms with Crippen molar-refractivity contribution >= 4 is 29.1 Å². The molecule has 0 aliphatic carbocycles. The van der Waals surface area contributed by atoms with Gasteiger partial charge in [-0.25, -0.2) is 0 Å². The van der Waals surface area contributed by atoms with Gasteiger partial charge in [0.1, 0.15) is 0 Å². The second-order valence-corrected chi connectivity index (χ2v) is 5.31. The fourth-order valence-corrected chi connectivity index (χ4v) is 2.39. The summed E-state index contributed by atoms with van der Waals surface area (Å²) in [5, 5.41) is 7.94. The summed E-state index contributed by atoms with van der Waals surface area (Å²) in [5.74, 6) is -1.10. The van der Waals surface area contributed by atoms with Crippen molar-refractivity contribution in [3.63, 3.8) is 0 Å². The van der Waals surface area contributed by atoms with Gasteiger partial charge >= 0.3 is 0 Å². The fraction of sp³-hybridized carbons (Fsp3) is 0.118. The van der Waals surface area contributed by atoms with Crippen molar-refractivity contribution in [2.45, 2.75) is 6.92 Å². The summed E-state index contributed by atoms with van der Waals surface area (Å²) < 4.78 is 0. The zero-order chi connectivity index (χ0) is 16.4. The number of aryl methyl sites for hydroxylation is 1. The zero-order valence-corrected chi connectivity index (χ0v) is 12.5. The lowest BCUT2D eigenvalue weighted by atomic mass is 10.1. The molecule has 3 rings (SSSR count). The van der Waals surface area contributed by atoms with E-state index in [0.29, 0.717) is 11.3 Å². The van der Waals surface area contributed by atoms with Crippen LogP contribution in [0.1, 0.15) is 26.3 Å². The van der Waals surface area contributed by atoms with E-state index >= 15 is 0 Å². The molecule has 0 radical (unpaired) electrons. The SMILES string of the molecule is Cc1cccc(NCC(=O)Nc2ccc3c(c2)C(=O)NC3=O)c1. The molecule has 1 aliphatic heterocycles. The summed E-state index contributed by atoms with van der Waals surface area (Å²) in [6, 6.07) is 12.3. The first kappa shape index (κ1) is 14.8. The smallest absolute Gasteiger partial charge is 0.259 e. The molecule has 0 saturated carbocycles. The van der Waals surface area contributed by atoms with Gasteiger partial charge in [-0.15, -0.1) is 0 Å². The van der Waals surface area contributed by atoms with Gasteiger partial charge in [0.25, 0.3) is 11.8 Å².